The van der Waals surface area contributed by atoms with Crippen LogP contribution in [-0.4, -0.2) is 37.7 Å². The van der Waals surface area contributed by atoms with Crippen molar-refractivity contribution in [3.8, 4) is 17.2 Å². The van der Waals surface area contributed by atoms with Crippen LogP contribution in [0.5, 0.6) is 17.2 Å². The number of anilines is 1. The summed E-state index contributed by atoms with van der Waals surface area (Å²) >= 11 is 0. The predicted molar refractivity (Wildman–Crippen MR) is 115 cm³/mol. The van der Waals surface area contributed by atoms with Gasteiger partial charge in [-0.05, 0) is 32.0 Å². The first-order chi connectivity index (χ1) is 15.0. The average Bonchev–Trinajstić information content (AvgIpc) is 3.23. The molecule has 0 fully saturated rings. The lowest BCUT2D eigenvalue weighted by atomic mass is 10.2. The van der Waals surface area contributed by atoms with Gasteiger partial charge in [0.05, 0.1) is 43.3 Å². The molecule has 0 atom stereocenters. The van der Waals surface area contributed by atoms with E-state index >= 15 is 0 Å². The Hall–Kier alpha value is -4.01. The molecule has 0 bridgehead atoms. The van der Waals surface area contributed by atoms with Crippen LogP contribution < -0.4 is 14.8 Å². The molecular weight excluding hydrogens is 396 g/mol. The molecule has 158 valence electrons. The fraction of sp³-hybridized carbons (Fsp3) is 0.227. The highest BCUT2D eigenvalue weighted by Gasteiger charge is 2.10. The topological polar surface area (TPSA) is 104 Å². The van der Waals surface area contributed by atoms with Gasteiger partial charge in [0.25, 0.3) is 0 Å². The van der Waals surface area contributed by atoms with Gasteiger partial charge in [0.15, 0.2) is 5.75 Å². The number of methoxy groups -OCH3 is 1. The van der Waals surface area contributed by atoms with E-state index in [-0.39, 0.29) is 18.4 Å². The maximum absolute atomic E-state index is 12.3. The van der Waals surface area contributed by atoms with Crippen LogP contribution in [0.3, 0.4) is 0 Å². The van der Waals surface area contributed by atoms with Crippen molar-refractivity contribution in [2.75, 3.05) is 12.4 Å². The third kappa shape index (κ3) is 4.77. The number of fused-ring (bicyclic) bond motifs is 1. The lowest BCUT2D eigenvalue weighted by Crippen LogP contribution is -2.15. The van der Waals surface area contributed by atoms with Crippen LogP contribution in [0.1, 0.15) is 25.7 Å². The van der Waals surface area contributed by atoms with Crippen molar-refractivity contribution < 1.29 is 14.3 Å². The van der Waals surface area contributed by atoms with E-state index in [4.69, 9.17) is 9.47 Å². The maximum atomic E-state index is 12.3. The minimum atomic E-state index is -0.217. The number of rotatable bonds is 7. The number of nitrogens with one attached hydrogen (secondary N) is 1. The summed E-state index contributed by atoms with van der Waals surface area (Å²) in [4.78, 5) is 25.1. The Kier molecular flexibility index (Phi) is 5.74. The summed E-state index contributed by atoms with van der Waals surface area (Å²) in [5.74, 6) is 1.99. The summed E-state index contributed by atoms with van der Waals surface area (Å²) < 4.78 is 12.9. The van der Waals surface area contributed by atoms with Crippen LogP contribution in [0.15, 0.2) is 55.2 Å². The summed E-state index contributed by atoms with van der Waals surface area (Å²) in [6.07, 6.45) is 8.20. The van der Waals surface area contributed by atoms with Gasteiger partial charge in [0.1, 0.15) is 17.3 Å². The lowest BCUT2D eigenvalue weighted by molar-refractivity contribution is -0.115. The van der Waals surface area contributed by atoms with Crippen molar-refractivity contribution in [1.29, 1.82) is 0 Å². The molecule has 9 heteroatoms. The Bertz CT molecular complexity index is 1200. The zero-order valence-corrected chi connectivity index (χ0v) is 17.4. The number of carbonyl (C=O) groups is 1. The summed E-state index contributed by atoms with van der Waals surface area (Å²) in [7, 11) is 1.61. The molecule has 0 aliphatic carbocycles. The number of hydrogen-bond acceptors (Lipinski definition) is 7. The Morgan fingerprint density at radius 1 is 1.10 bits per heavy atom. The number of nitrogens with zero attached hydrogens (tertiary/aromatic N) is 5. The standard InChI is InChI=1S/C22H22N6O3/c1-14(2)28-13-15(10-26-28)27-22(29)9-21-24-11-17(12-25-21)31-20-6-7-23-19-8-16(30-3)4-5-18(19)20/h4-8,10-14H,9H2,1-3H3,(H,27,29). The van der Waals surface area contributed by atoms with Crippen molar-refractivity contribution in [2.45, 2.75) is 26.3 Å². The Balaban J connectivity index is 1.41. The van der Waals surface area contributed by atoms with Crippen molar-refractivity contribution in [1.82, 2.24) is 24.7 Å². The van der Waals surface area contributed by atoms with E-state index in [0.717, 1.165) is 16.7 Å². The normalized spacial score (nSPS) is 11.0. The molecule has 4 rings (SSSR count). The van der Waals surface area contributed by atoms with Gasteiger partial charge < -0.3 is 14.8 Å². The summed E-state index contributed by atoms with van der Waals surface area (Å²) in [5.41, 5.74) is 1.40. The highest BCUT2D eigenvalue weighted by atomic mass is 16.5. The minimum absolute atomic E-state index is 0.0467. The SMILES string of the molecule is COc1ccc2c(Oc3cnc(CC(=O)Nc4cnn(C(C)C)c4)nc3)ccnc2c1. The minimum Gasteiger partial charge on any atom is -0.497 e. The third-order valence-corrected chi connectivity index (χ3v) is 4.55. The molecule has 1 N–H and O–H groups in total. The van der Waals surface area contributed by atoms with Crippen molar-refractivity contribution in [2.24, 2.45) is 0 Å². The van der Waals surface area contributed by atoms with Crippen LogP contribution in [-0.2, 0) is 11.2 Å². The quantitative estimate of drug-likeness (QED) is 0.487. The molecule has 0 aliphatic heterocycles. The summed E-state index contributed by atoms with van der Waals surface area (Å²) in [6, 6.07) is 7.57. The fourth-order valence-corrected chi connectivity index (χ4v) is 2.97. The van der Waals surface area contributed by atoms with E-state index in [2.05, 4.69) is 25.4 Å². The number of pyridine rings is 1. The van der Waals surface area contributed by atoms with Crippen LogP contribution in [0.2, 0.25) is 0 Å². The van der Waals surface area contributed by atoms with E-state index < -0.39 is 0 Å². The Morgan fingerprint density at radius 3 is 2.61 bits per heavy atom. The van der Waals surface area contributed by atoms with E-state index in [9.17, 15) is 4.79 Å². The first-order valence-corrected chi connectivity index (χ1v) is 9.77. The molecule has 0 saturated carbocycles. The predicted octanol–water partition coefficient (Wildman–Crippen LogP) is 3.78. The van der Waals surface area contributed by atoms with Crippen LogP contribution >= 0.6 is 0 Å². The molecule has 4 aromatic rings. The molecule has 1 amide bonds. The average molecular weight is 418 g/mol. The van der Waals surface area contributed by atoms with E-state index in [1.807, 2.05) is 32.0 Å². The van der Waals surface area contributed by atoms with Gasteiger partial charge in [-0.15, -0.1) is 0 Å². The zero-order valence-electron chi connectivity index (χ0n) is 17.4. The number of ether oxygens (including phenoxy) is 2. The number of aromatic nitrogens is 5. The van der Waals surface area contributed by atoms with E-state index in [1.54, 1.807) is 48.8 Å². The first-order valence-electron chi connectivity index (χ1n) is 9.77. The number of carbonyl (C=O) groups excluding carboxylic acids is 1. The second-order valence-electron chi connectivity index (χ2n) is 7.16. The van der Waals surface area contributed by atoms with Crippen molar-refractivity contribution >= 4 is 22.5 Å². The molecule has 0 saturated heterocycles. The first kappa shape index (κ1) is 20.3. The lowest BCUT2D eigenvalue weighted by Gasteiger charge is -2.09. The smallest absolute Gasteiger partial charge is 0.232 e. The second kappa shape index (κ2) is 8.78. The third-order valence-electron chi connectivity index (χ3n) is 4.55. The zero-order chi connectivity index (χ0) is 21.8. The van der Waals surface area contributed by atoms with Gasteiger partial charge in [0, 0.05) is 29.9 Å². The van der Waals surface area contributed by atoms with Crippen LogP contribution in [0.4, 0.5) is 5.69 Å². The molecule has 0 radical (unpaired) electrons. The molecule has 31 heavy (non-hydrogen) atoms. The molecule has 3 aromatic heterocycles. The summed E-state index contributed by atoms with van der Waals surface area (Å²) in [5, 5.41) is 7.84. The van der Waals surface area contributed by atoms with Gasteiger partial charge >= 0.3 is 0 Å². The van der Waals surface area contributed by atoms with Gasteiger partial charge in [-0.1, -0.05) is 0 Å². The largest absolute Gasteiger partial charge is 0.497 e. The number of amides is 1. The van der Waals surface area contributed by atoms with Crippen molar-refractivity contribution in [3.63, 3.8) is 0 Å². The van der Waals surface area contributed by atoms with Crippen LogP contribution in [0, 0.1) is 0 Å². The monoisotopic (exact) mass is 418 g/mol. The maximum Gasteiger partial charge on any atom is 0.232 e. The number of hydrogen-bond donors (Lipinski definition) is 1. The highest BCUT2D eigenvalue weighted by Crippen LogP contribution is 2.30. The van der Waals surface area contributed by atoms with Gasteiger partial charge in [-0.25, -0.2) is 9.97 Å². The van der Waals surface area contributed by atoms with E-state index in [0.29, 0.717) is 23.0 Å². The highest BCUT2D eigenvalue weighted by molar-refractivity contribution is 5.91. The summed E-state index contributed by atoms with van der Waals surface area (Å²) in [6.45, 7) is 4.03. The van der Waals surface area contributed by atoms with E-state index in [1.165, 1.54) is 0 Å². The molecule has 0 aliphatic rings. The van der Waals surface area contributed by atoms with Gasteiger partial charge in [-0.3, -0.25) is 14.5 Å². The molecule has 0 unspecified atom stereocenters. The molecule has 1 aromatic carbocycles. The van der Waals surface area contributed by atoms with Gasteiger partial charge in [-0.2, -0.15) is 5.10 Å². The van der Waals surface area contributed by atoms with Gasteiger partial charge in [0.2, 0.25) is 5.91 Å². The fourth-order valence-electron chi connectivity index (χ4n) is 2.97. The van der Waals surface area contributed by atoms with Crippen molar-refractivity contribution in [3.05, 3.63) is 61.1 Å². The number of benzene rings is 1. The van der Waals surface area contributed by atoms with Crippen LogP contribution in [0.25, 0.3) is 10.9 Å². The molecular formula is C22H22N6O3. The Labute approximate surface area is 179 Å². The Morgan fingerprint density at radius 2 is 1.90 bits per heavy atom. The molecule has 9 nitrogen and oxygen atoms in total. The molecule has 0 spiro atoms. The molecule has 3 heterocycles. The second-order valence-corrected chi connectivity index (χ2v) is 7.16.